The Morgan fingerprint density at radius 3 is 2.61 bits per heavy atom. The maximum Gasteiger partial charge on any atom is 0.336 e. The molecule has 4 rings (SSSR count). The van der Waals surface area contributed by atoms with Crippen LogP contribution in [-0.4, -0.2) is 42.9 Å². The molecule has 1 unspecified atom stereocenters. The van der Waals surface area contributed by atoms with E-state index in [1.165, 1.54) is 19.2 Å². The van der Waals surface area contributed by atoms with E-state index in [2.05, 4.69) is 21.0 Å². The molecule has 2 N–H and O–H groups in total. The standard InChI is InChI=1S/C21H26N4O2S/c1-4-23-11-10-16-17(14-23)28-20-18(16)19(26)25(15-8-6-5-7-9-15)21(27)24(20)13-12-22(2)3/h5-9H,4,10-14H2,1-3H3/p+2. The fourth-order valence-electron chi connectivity index (χ4n) is 3.98. The van der Waals surface area contributed by atoms with Crippen LogP contribution in [-0.2, 0) is 19.5 Å². The van der Waals surface area contributed by atoms with Gasteiger partial charge in [-0.1, -0.05) is 18.2 Å². The van der Waals surface area contributed by atoms with Gasteiger partial charge in [0.25, 0.3) is 5.56 Å². The molecule has 7 heteroatoms. The molecule has 0 spiro atoms. The second kappa shape index (κ2) is 7.66. The first-order valence-corrected chi connectivity index (χ1v) is 10.8. The third-order valence-corrected chi connectivity index (χ3v) is 6.90. The minimum absolute atomic E-state index is 0.169. The van der Waals surface area contributed by atoms with Gasteiger partial charge in [0, 0.05) is 6.42 Å². The molecule has 1 aromatic carbocycles. The number of rotatable bonds is 5. The number of hydrogen-bond acceptors (Lipinski definition) is 3. The number of nitrogens with one attached hydrogen (secondary N) is 2. The number of hydrogen-bond donors (Lipinski definition) is 2. The maximum atomic E-state index is 13.5. The van der Waals surface area contributed by atoms with Crippen molar-refractivity contribution >= 4 is 21.6 Å². The fraction of sp³-hybridized carbons (Fsp3) is 0.429. The van der Waals surface area contributed by atoms with Crippen LogP contribution in [0.2, 0.25) is 0 Å². The molecule has 0 fully saturated rings. The first kappa shape index (κ1) is 19.1. The molecular formula is C21H28N4O2S+2. The average Bonchev–Trinajstić information content (AvgIpc) is 3.07. The van der Waals surface area contributed by atoms with Gasteiger partial charge in [-0.3, -0.25) is 9.36 Å². The highest BCUT2D eigenvalue weighted by Gasteiger charge is 2.28. The van der Waals surface area contributed by atoms with Crippen molar-refractivity contribution in [3.8, 4) is 5.69 Å². The zero-order chi connectivity index (χ0) is 19.8. The molecule has 3 heterocycles. The van der Waals surface area contributed by atoms with Crippen LogP contribution >= 0.6 is 11.3 Å². The van der Waals surface area contributed by atoms with E-state index < -0.39 is 0 Å². The summed E-state index contributed by atoms with van der Waals surface area (Å²) < 4.78 is 3.19. The number of thiophene rings is 1. The molecule has 0 bridgehead atoms. The third-order valence-electron chi connectivity index (χ3n) is 5.65. The summed E-state index contributed by atoms with van der Waals surface area (Å²) >= 11 is 1.65. The minimum Gasteiger partial charge on any atom is -0.338 e. The zero-order valence-corrected chi connectivity index (χ0v) is 17.6. The lowest BCUT2D eigenvalue weighted by molar-refractivity contribution is -0.913. The predicted molar refractivity (Wildman–Crippen MR) is 113 cm³/mol. The van der Waals surface area contributed by atoms with Crippen LogP contribution in [0.25, 0.3) is 15.9 Å². The van der Waals surface area contributed by atoms with Gasteiger partial charge < -0.3 is 9.80 Å². The number of para-hydroxylation sites is 1. The van der Waals surface area contributed by atoms with E-state index >= 15 is 0 Å². The quantitative estimate of drug-likeness (QED) is 0.596. The number of benzene rings is 1. The smallest absolute Gasteiger partial charge is 0.336 e. The van der Waals surface area contributed by atoms with Gasteiger partial charge >= 0.3 is 5.69 Å². The van der Waals surface area contributed by atoms with E-state index in [4.69, 9.17) is 0 Å². The number of fused-ring (bicyclic) bond motifs is 3. The van der Waals surface area contributed by atoms with Crippen molar-refractivity contribution in [2.24, 2.45) is 0 Å². The Labute approximate surface area is 168 Å². The van der Waals surface area contributed by atoms with Gasteiger partial charge in [0.05, 0.1) is 56.2 Å². The molecule has 1 aliphatic rings. The van der Waals surface area contributed by atoms with Crippen LogP contribution < -0.4 is 21.0 Å². The Kier molecular flexibility index (Phi) is 5.23. The van der Waals surface area contributed by atoms with Crippen molar-refractivity contribution in [3.63, 3.8) is 0 Å². The van der Waals surface area contributed by atoms with Gasteiger partial charge in [0.15, 0.2) is 0 Å². The average molecular weight is 401 g/mol. The monoisotopic (exact) mass is 400 g/mol. The molecule has 0 radical (unpaired) electrons. The van der Waals surface area contributed by atoms with E-state index in [9.17, 15) is 9.59 Å². The Morgan fingerprint density at radius 2 is 1.93 bits per heavy atom. The Balaban J connectivity index is 2.01. The Morgan fingerprint density at radius 1 is 1.18 bits per heavy atom. The van der Waals surface area contributed by atoms with Gasteiger partial charge in [0.2, 0.25) is 0 Å². The molecule has 0 amide bonds. The van der Waals surface area contributed by atoms with E-state index in [1.807, 2.05) is 34.9 Å². The molecule has 2 aromatic heterocycles. The molecule has 3 aromatic rings. The van der Waals surface area contributed by atoms with Gasteiger partial charge in [-0.2, -0.15) is 0 Å². The van der Waals surface area contributed by atoms with Crippen molar-refractivity contribution in [1.29, 1.82) is 0 Å². The Bertz CT molecular complexity index is 1110. The fourth-order valence-corrected chi connectivity index (χ4v) is 5.41. The number of aromatic nitrogens is 2. The molecule has 0 saturated carbocycles. The highest BCUT2D eigenvalue weighted by Crippen LogP contribution is 2.30. The third kappa shape index (κ3) is 3.23. The number of quaternary nitrogens is 2. The van der Waals surface area contributed by atoms with Gasteiger partial charge in [-0.25, -0.2) is 9.36 Å². The molecule has 148 valence electrons. The number of nitrogens with zero attached hydrogens (tertiary/aromatic N) is 2. The molecule has 0 aliphatic carbocycles. The highest BCUT2D eigenvalue weighted by atomic mass is 32.1. The minimum atomic E-state index is -0.233. The maximum absolute atomic E-state index is 13.5. The van der Waals surface area contributed by atoms with Crippen LogP contribution in [0.15, 0.2) is 39.9 Å². The van der Waals surface area contributed by atoms with Crippen molar-refractivity contribution in [2.75, 3.05) is 33.7 Å². The predicted octanol–water partition coefficient (Wildman–Crippen LogP) is -0.681. The second-order valence-corrected chi connectivity index (χ2v) is 8.92. The van der Waals surface area contributed by atoms with E-state index in [0.29, 0.717) is 12.2 Å². The summed E-state index contributed by atoms with van der Waals surface area (Å²) in [4.78, 5) is 31.8. The van der Waals surface area contributed by atoms with Gasteiger partial charge in [-0.05, 0) is 24.6 Å². The lowest BCUT2D eigenvalue weighted by Crippen LogP contribution is -3.11. The summed E-state index contributed by atoms with van der Waals surface area (Å²) in [6, 6.07) is 9.29. The lowest BCUT2D eigenvalue weighted by atomic mass is 10.1. The van der Waals surface area contributed by atoms with Crippen LogP contribution in [0, 0.1) is 0 Å². The summed E-state index contributed by atoms with van der Waals surface area (Å²) in [5.41, 5.74) is 1.40. The molecule has 1 atom stereocenters. The first-order valence-electron chi connectivity index (χ1n) is 9.99. The summed E-state index contributed by atoms with van der Waals surface area (Å²) in [7, 11) is 4.16. The second-order valence-electron chi connectivity index (χ2n) is 7.83. The molecule has 28 heavy (non-hydrogen) atoms. The SMILES string of the molecule is CC[NH+]1CCc2c(sc3c2c(=O)n(-c2ccccc2)c(=O)n3CC[NH+](C)C)C1. The van der Waals surface area contributed by atoms with Gasteiger partial charge in [0.1, 0.15) is 11.4 Å². The molecule has 0 saturated heterocycles. The van der Waals surface area contributed by atoms with E-state index in [-0.39, 0.29) is 11.2 Å². The largest absolute Gasteiger partial charge is 0.338 e. The summed E-state index contributed by atoms with van der Waals surface area (Å²) in [5, 5.41) is 0.757. The molecule has 6 nitrogen and oxygen atoms in total. The van der Waals surface area contributed by atoms with Crippen molar-refractivity contribution < 1.29 is 9.80 Å². The van der Waals surface area contributed by atoms with Crippen LogP contribution in [0.4, 0.5) is 0 Å². The van der Waals surface area contributed by atoms with Crippen LogP contribution in [0.5, 0.6) is 0 Å². The summed E-state index contributed by atoms with van der Waals surface area (Å²) in [5.74, 6) is 0. The van der Waals surface area contributed by atoms with Crippen molar-refractivity contribution in [1.82, 2.24) is 9.13 Å². The number of likely N-dealkylation sites (N-methyl/N-ethyl adjacent to an activating group) is 2. The Hall–Kier alpha value is -2.22. The highest BCUT2D eigenvalue weighted by molar-refractivity contribution is 7.18. The van der Waals surface area contributed by atoms with Gasteiger partial charge in [-0.15, -0.1) is 11.3 Å². The lowest BCUT2D eigenvalue weighted by Gasteiger charge is -2.22. The van der Waals surface area contributed by atoms with E-state index in [0.717, 1.165) is 48.4 Å². The van der Waals surface area contributed by atoms with Crippen molar-refractivity contribution in [2.45, 2.75) is 26.4 Å². The van der Waals surface area contributed by atoms with E-state index in [1.54, 1.807) is 11.3 Å². The topological polar surface area (TPSA) is 52.9 Å². The summed E-state index contributed by atoms with van der Waals surface area (Å²) in [6.45, 7) is 6.71. The molecule has 1 aliphatic heterocycles. The summed E-state index contributed by atoms with van der Waals surface area (Å²) in [6.07, 6.45) is 0.902. The van der Waals surface area contributed by atoms with Crippen LogP contribution in [0.3, 0.4) is 0 Å². The normalized spacial score (nSPS) is 16.6. The first-order chi connectivity index (χ1) is 13.5. The molecular weight excluding hydrogens is 372 g/mol. The van der Waals surface area contributed by atoms with Crippen LogP contribution in [0.1, 0.15) is 17.4 Å². The van der Waals surface area contributed by atoms with Crippen molar-refractivity contribution in [3.05, 3.63) is 61.6 Å². The zero-order valence-electron chi connectivity index (χ0n) is 16.7.